The van der Waals surface area contributed by atoms with E-state index in [-0.39, 0.29) is 24.2 Å². The van der Waals surface area contributed by atoms with Crippen molar-refractivity contribution in [2.45, 2.75) is 31.0 Å². The van der Waals surface area contributed by atoms with Gasteiger partial charge in [-0.2, -0.15) is 0 Å². The third-order valence-corrected chi connectivity index (χ3v) is 4.26. The first kappa shape index (κ1) is 15.2. The molecule has 0 aliphatic carbocycles. The van der Waals surface area contributed by atoms with Crippen LogP contribution in [-0.4, -0.2) is 60.9 Å². The number of ether oxygens (including phenoxy) is 3. The summed E-state index contributed by atoms with van der Waals surface area (Å²) in [7, 11) is 1.54. The van der Waals surface area contributed by atoms with Gasteiger partial charge in [0.05, 0.1) is 12.2 Å². The minimum atomic E-state index is -0.277. The van der Waals surface area contributed by atoms with E-state index in [1.807, 2.05) is 23.1 Å². The molecule has 0 saturated carbocycles. The van der Waals surface area contributed by atoms with Crippen molar-refractivity contribution in [3.8, 4) is 5.88 Å². The van der Waals surface area contributed by atoms with Gasteiger partial charge in [-0.25, -0.2) is 4.98 Å². The van der Waals surface area contributed by atoms with E-state index in [1.54, 1.807) is 13.3 Å². The van der Waals surface area contributed by atoms with Gasteiger partial charge in [0.25, 0.3) is 0 Å². The first-order valence-corrected chi connectivity index (χ1v) is 7.69. The fourth-order valence-electron chi connectivity index (χ4n) is 3.28. The lowest BCUT2D eigenvalue weighted by Gasteiger charge is -2.39. The Labute approximate surface area is 130 Å². The summed E-state index contributed by atoms with van der Waals surface area (Å²) in [4.78, 5) is 18.0. The second kappa shape index (κ2) is 6.62. The molecule has 2 aliphatic heterocycles. The molecule has 1 aromatic rings. The van der Waals surface area contributed by atoms with Crippen LogP contribution in [0.3, 0.4) is 0 Å². The highest BCUT2D eigenvalue weighted by molar-refractivity contribution is 5.77. The molecule has 0 N–H and O–H groups in total. The normalized spacial score (nSPS) is 28.0. The summed E-state index contributed by atoms with van der Waals surface area (Å²) < 4.78 is 16.9. The predicted octanol–water partition coefficient (Wildman–Crippen LogP) is 1.26. The monoisotopic (exact) mass is 306 g/mol. The summed E-state index contributed by atoms with van der Waals surface area (Å²) in [5.41, 5.74) is -0.277. The predicted molar refractivity (Wildman–Crippen MR) is 79.6 cm³/mol. The van der Waals surface area contributed by atoms with Crippen LogP contribution in [0.1, 0.15) is 19.3 Å². The molecule has 2 saturated heterocycles. The largest absolute Gasteiger partial charge is 0.472 e. The number of aromatic nitrogens is 1. The van der Waals surface area contributed by atoms with E-state index in [2.05, 4.69) is 4.98 Å². The summed E-state index contributed by atoms with van der Waals surface area (Å²) in [6.45, 7) is 2.07. The molecular formula is C16H22N2O4. The van der Waals surface area contributed by atoms with E-state index in [0.29, 0.717) is 19.0 Å². The Bertz CT molecular complexity index is 510. The molecule has 1 spiro atoms. The zero-order chi connectivity index (χ0) is 15.4. The lowest BCUT2D eigenvalue weighted by Crippen LogP contribution is -2.51. The lowest BCUT2D eigenvalue weighted by atomic mass is 9.89. The smallest absolute Gasteiger partial charge is 0.248 e. The maximum atomic E-state index is 12.0. The molecule has 6 heteroatoms. The molecule has 2 aliphatic rings. The Balaban J connectivity index is 1.59. The van der Waals surface area contributed by atoms with E-state index in [4.69, 9.17) is 14.2 Å². The van der Waals surface area contributed by atoms with Gasteiger partial charge in [0.2, 0.25) is 11.8 Å². The Morgan fingerprint density at radius 1 is 1.55 bits per heavy atom. The van der Waals surface area contributed by atoms with Crippen LogP contribution in [0.5, 0.6) is 5.88 Å². The zero-order valence-corrected chi connectivity index (χ0v) is 12.9. The van der Waals surface area contributed by atoms with E-state index < -0.39 is 0 Å². The first-order valence-electron chi connectivity index (χ1n) is 7.69. The van der Waals surface area contributed by atoms with E-state index in [9.17, 15) is 4.79 Å². The van der Waals surface area contributed by atoms with Crippen molar-refractivity contribution >= 4 is 5.91 Å². The van der Waals surface area contributed by atoms with E-state index in [1.165, 1.54) is 0 Å². The number of amides is 1. The Morgan fingerprint density at radius 3 is 3.23 bits per heavy atom. The Kier molecular flexibility index (Phi) is 4.59. The number of piperidine rings is 1. The molecule has 6 nitrogen and oxygen atoms in total. The molecular weight excluding hydrogens is 284 g/mol. The van der Waals surface area contributed by atoms with Crippen molar-refractivity contribution in [3.63, 3.8) is 0 Å². The van der Waals surface area contributed by atoms with Crippen LogP contribution in [0.4, 0.5) is 0 Å². The van der Waals surface area contributed by atoms with Crippen LogP contribution in [0.15, 0.2) is 24.4 Å². The quantitative estimate of drug-likeness (QED) is 0.838. The van der Waals surface area contributed by atoms with Gasteiger partial charge in [-0.3, -0.25) is 4.79 Å². The van der Waals surface area contributed by atoms with Gasteiger partial charge >= 0.3 is 0 Å². The van der Waals surface area contributed by atoms with Gasteiger partial charge in [-0.05, 0) is 18.9 Å². The van der Waals surface area contributed by atoms with Crippen molar-refractivity contribution in [3.05, 3.63) is 24.4 Å². The number of pyridine rings is 1. The highest BCUT2D eigenvalue weighted by atomic mass is 16.6. The molecule has 1 amide bonds. The van der Waals surface area contributed by atoms with Crippen molar-refractivity contribution in [1.82, 2.24) is 9.88 Å². The fourth-order valence-corrected chi connectivity index (χ4v) is 3.28. The second-order valence-electron chi connectivity index (χ2n) is 5.96. The molecule has 3 heterocycles. The van der Waals surface area contributed by atoms with Crippen LogP contribution in [0.25, 0.3) is 0 Å². The number of likely N-dealkylation sites (tertiary alicyclic amines) is 1. The molecule has 22 heavy (non-hydrogen) atoms. The second-order valence-corrected chi connectivity index (χ2v) is 5.96. The van der Waals surface area contributed by atoms with Crippen molar-refractivity contribution in [1.29, 1.82) is 0 Å². The van der Waals surface area contributed by atoms with Gasteiger partial charge in [0.1, 0.15) is 12.7 Å². The van der Waals surface area contributed by atoms with Gasteiger partial charge in [0, 0.05) is 38.9 Å². The summed E-state index contributed by atoms with van der Waals surface area (Å²) in [6, 6.07) is 5.61. The van der Waals surface area contributed by atoms with Crippen LogP contribution in [0.2, 0.25) is 0 Å². The number of carbonyl (C=O) groups excluding carboxylic acids is 1. The average Bonchev–Trinajstić information content (AvgIpc) is 2.90. The third-order valence-electron chi connectivity index (χ3n) is 4.26. The summed E-state index contributed by atoms with van der Waals surface area (Å²) in [6.07, 6.45) is 4.41. The van der Waals surface area contributed by atoms with E-state index >= 15 is 0 Å². The first-order chi connectivity index (χ1) is 10.7. The topological polar surface area (TPSA) is 60.9 Å². The minimum Gasteiger partial charge on any atom is -0.472 e. The number of methoxy groups -OCH3 is 1. The molecule has 0 aromatic carbocycles. The van der Waals surface area contributed by atoms with Crippen LogP contribution >= 0.6 is 0 Å². The van der Waals surface area contributed by atoms with Gasteiger partial charge < -0.3 is 19.1 Å². The SMILES string of the molecule is COCC(=O)N1CCC[C@]2(C[C@@H](Oc3ccccn3)CO2)C1. The number of carbonyl (C=O) groups is 1. The van der Waals surface area contributed by atoms with Crippen LogP contribution in [-0.2, 0) is 14.3 Å². The van der Waals surface area contributed by atoms with Crippen LogP contribution in [0, 0.1) is 0 Å². The van der Waals surface area contributed by atoms with Crippen molar-refractivity contribution in [2.75, 3.05) is 33.4 Å². The molecule has 120 valence electrons. The molecule has 2 fully saturated rings. The third kappa shape index (κ3) is 3.39. The summed E-state index contributed by atoms with van der Waals surface area (Å²) in [5, 5.41) is 0. The van der Waals surface area contributed by atoms with Crippen molar-refractivity contribution in [2.24, 2.45) is 0 Å². The highest BCUT2D eigenvalue weighted by Gasteiger charge is 2.45. The average molecular weight is 306 g/mol. The number of hydrogen-bond acceptors (Lipinski definition) is 5. The maximum Gasteiger partial charge on any atom is 0.248 e. The lowest BCUT2D eigenvalue weighted by molar-refractivity contribution is -0.143. The molecule has 0 bridgehead atoms. The molecule has 0 radical (unpaired) electrons. The number of hydrogen-bond donors (Lipinski definition) is 0. The van der Waals surface area contributed by atoms with Gasteiger partial charge in [-0.15, -0.1) is 0 Å². The molecule has 2 atom stereocenters. The molecule has 3 rings (SSSR count). The summed E-state index contributed by atoms with van der Waals surface area (Å²) in [5.74, 6) is 0.649. The molecule has 1 aromatic heterocycles. The Morgan fingerprint density at radius 2 is 2.45 bits per heavy atom. The standard InChI is InChI=1S/C16H22N2O4/c1-20-11-15(19)18-8-4-6-16(12-18)9-13(10-21-16)22-14-5-2-3-7-17-14/h2-3,5,7,13H,4,6,8-12H2,1H3/t13-,16+/m1/s1. The van der Waals surface area contributed by atoms with Crippen molar-refractivity contribution < 1.29 is 19.0 Å². The van der Waals surface area contributed by atoms with E-state index in [0.717, 1.165) is 25.8 Å². The molecule has 0 unspecified atom stereocenters. The Hall–Kier alpha value is -1.66. The van der Waals surface area contributed by atoms with Gasteiger partial charge in [-0.1, -0.05) is 6.07 Å². The number of nitrogens with zero attached hydrogens (tertiary/aromatic N) is 2. The summed E-state index contributed by atoms with van der Waals surface area (Å²) >= 11 is 0. The zero-order valence-electron chi connectivity index (χ0n) is 12.9. The fraction of sp³-hybridized carbons (Fsp3) is 0.625. The van der Waals surface area contributed by atoms with Gasteiger partial charge in [0.15, 0.2) is 0 Å². The number of rotatable bonds is 4. The minimum absolute atomic E-state index is 0.00706. The maximum absolute atomic E-state index is 12.0. The van der Waals surface area contributed by atoms with Crippen LogP contribution < -0.4 is 4.74 Å². The highest BCUT2D eigenvalue weighted by Crippen LogP contribution is 2.36.